The molecule has 3 heteroatoms. The molecule has 0 radical (unpaired) electrons. The standard InChI is InChI=1S/C15H13NO2/c1-2-12-14(11-7-4-3-5-8-11)16-18-15(12)13-9-6-10-17-13/h3-10H,2H2,1H3. The van der Waals surface area contributed by atoms with Crippen LogP contribution in [-0.2, 0) is 6.42 Å². The molecule has 2 aromatic heterocycles. The van der Waals surface area contributed by atoms with Gasteiger partial charge >= 0.3 is 0 Å². The predicted octanol–water partition coefficient (Wildman–Crippen LogP) is 4.16. The highest BCUT2D eigenvalue weighted by Gasteiger charge is 2.18. The Morgan fingerprint density at radius 1 is 1.06 bits per heavy atom. The molecule has 0 bridgehead atoms. The molecule has 2 heterocycles. The molecule has 0 fully saturated rings. The van der Waals surface area contributed by atoms with Crippen molar-refractivity contribution in [2.45, 2.75) is 13.3 Å². The Balaban J connectivity index is 2.13. The molecule has 0 aliphatic rings. The van der Waals surface area contributed by atoms with E-state index in [1.54, 1.807) is 6.26 Å². The Bertz CT molecular complexity index is 624. The third-order valence-electron chi connectivity index (χ3n) is 2.93. The lowest BCUT2D eigenvalue weighted by Crippen LogP contribution is -1.86. The minimum atomic E-state index is 0.723. The van der Waals surface area contributed by atoms with Gasteiger partial charge in [-0.2, -0.15) is 0 Å². The lowest BCUT2D eigenvalue weighted by atomic mass is 10.0. The third kappa shape index (κ3) is 1.74. The summed E-state index contributed by atoms with van der Waals surface area (Å²) in [5.74, 6) is 1.45. The van der Waals surface area contributed by atoms with E-state index in [2.05, 4.69) is 12.1 Å². The summed E-state index contributed by atoms with van der Waals surface area (Å²) in [6, 6.07) is 13.8. The summed E-state index contributed by atoms with van der Waals surface area (Å²) >= 11 is 0. The molecular weight excluding hydrogens is 226 g/mol. The first-order chi connectivity index (χ1) is 8.90. The zero-order valence-corrected chi connectivity index (χ0v) is 10.1. The molecule has 3 nitrogen and oxygen atoms in total. The van der Waals surface area contributed by atoms with Gasteiger partial charge in [0.25, 0.3) is 0 Å². The number of hydrogen-bond donors (Lipinski definition) is 0. The Hall–Kier alpha value is -2.29. The van der Waals surface area contributed by atoms with Crippen LogP contribution in [0.4, 0.5) is 0 Å². The van der Waals surface area contributed by atoms with Gasteiger partial charge in [-0.3, -0.25) is 0 Å². The fourth-order valence-electron chi connectivity index (χ4n) is 2.06. The smallest absolute Gasteiger partial charge is 0.205 e. The maximum atomic E-state index is 5.44. The van der Waals surface area contributed by atoms with E-state index in [1.165, 1.54) is 0 Å². The average Bonchev–Trinajstić information content (AvgIpc) is 3.08. The Labute approximate surface area is 105 Å². The molecule has 0 unspecified atom stereocenters. The first-order valence-electron chi connectivity index (χ1n) is 5.98. The highest BCUT2D eigenvalue weighted by Crippen LogP contribution is 2.32. The van der Waals surface area contributed by atoms with Gasteiger partial charge in [0.2, 0.25) is 5.76 Å². The molecule has 3 rings (SSSR count). The van der Waals surface area contributed by atoms with Gasteiger partial charge in [-0.1, -0.05) is 42.4 Å². The van der Waals surface area contributed by atoms with Crippen LogP contribution in [0.5, 0.6) is 0 Å². The van der Waals surface area contributed by atoms with Gasteiger partial charge in [-0.15, -0.1) is 0 Å². The molecule has 0 saturated carbocycles. The van der Waals surface area contributed by atoms with E-state index in [4.69, 9.17) is 8.94 Å². The predicted molar refractivity (Wildman–Crippen MR) is 69.0 cm³/mol. The van der Waals surface area contributed by atoms with Gasteiger partial charge < -0.3 is 8.94 Å². The molecule has 3 aromatic rings. The average molecular weight is 239 g/mol. The SMILES string of the molecule is CCc1c(-c2ccccc2)noc1-c1ccco1. The lowest BCUT2D eigenvalue weighted by Gasteiger charge is -1.99. The molecule has 0 N–H and O–H groups in total. The molecule has 0 saturated heterocycles. The number of benzene rings is 1. The van der Waals surface area contributed by atoms with E-state index < -0.39 is 0 Å². The largest absolute Gasteiger partial charge is 0.461 e. The minimum Gasteiger partial charge on any atom is -0.461 e. The van der Waals surface area contributed by atoms with Crippen LogP contribution >= 0.6 is 0 Å². The summed E-state index contributed by atoms with van der Waals surface area (Å²) < 4.78 is 10.8. The number of furan rings is 1. The van der Waals surface area contributed by atoms with Crippen LogP contribution in [0.25, 0.3) is 22.8 Å². The molecule has 18 heavy (non-hydrogen) atoms. The van der Waals surface area contributed by atoms with Gasteiger partial charge in [0, 0.05) is 11.1 Å². The van der Waals surface area contributed by atoms with Gasteiger partial charge in [-0.05, 0) is 18.6 Å². The van der Waals surface area contributed by atoms with E-state index >= 15 is 0 Å². The van der Waals surface area contributed by atoms with Crippen molar-refractivity contribution in [2.24, 2.45) is 0 Å². The van der Waals surface area contributed by atoms with E-state index in [-0.39, 0.29) is 0 Å². The fraction of sp³-hybridized carbons (Fsp3) is 0.133. The van der Waals surface area contributed by atoms with Crippen LogP contribution in [0.1, 0.15) is 12.5 Å². The molecule has 1 aromatic carbocycles. The van der Waals surface area contributed by atoms with Crippen molar-refractivity contribution in [1.82, 2.24) is 5.16 Å². The van der Waals surface area contributed by atoms with E-state index in [0.29, 0.717) is 0 Å². The van der Waals surface area contributed by atoms with Gasteiger partial charge in [0.1, 0.15) is 5.69 Å². The molecule has 90 valence electrons. The van der Waals surface area contributed by atoms with E-state index in [1.807, 2.05) is 42.5 Å². The second kappa shape index (κ2) is 4.53. The zero-order valence-electron chi connectivity index (χ0n) is 10.1. The lowest BCUT2D eigenvalue weighted by molar-refractivity contribution is 0.419. The van der Waals surface area contributed by atoms with Gasteiger partial charge in [0.15, 0.2) is 5.76 Å². The fourth-order valence-corrected chi connectivity index (χ4v) is 2.06. The van der Waals surface area contributed by atoms with Crippen LogP contribution in [0.2, 0.25) is 0 Å². The summed E-state index contributed by atoms with van der Waals surface area (Å²) in [5, 5.41) is 4.18. The number of aromatic nitrogens is 1. The Morgan fingerprint density at radius 3 is 2.56 bits per heavy atom. The minimum absolute atomic E-state index is 0.723. The van der Waals surface area contributed by atoms with Crippen LogP contribution in [0.3, 0.4) is 0 Å². The van der Waals surface area contributed by atoms with Crippen LogP contribution < -0.4 is 0 Å². The summed E-state index contributed by atoms with van der Waals surface area (Å²) in [6.45, 7) is 2.09. The second-order valence-corrected chi connectivity index (χ2v) is 4.04. The zero-order chi connectivity index (χ0) is 12.4. The van der Waals surface area contributed by atoms with E-state index in [0.717, 1.165) is 34.8 Å². The van der Waals surface area contributed by atoms with Crippen LogP contribution in [-0.4, -0.2) is 5.16 Å². The number of nitrogens with zero attached hydrogens (tertiary/aromatic N) is 1. The third-order valence-corrected chi connectivity index (χ3v) is 2.93. The molecule has 0 spiro atoms. The van der Waals surface area contributed by atoms with Crippen molar-refractivity contribution in [3.8, 4) is 22.8 Å². The molecule has 0 aliphatic carbocycles. The number of rotatable bonds is 3. The van der Waals surface area contributed by atoms with E-state index in [9.17, 15) is 0 Å². The van der Waals surface area contributed by atoms with Crippen molar-refractivity contribution in [2.75, 3.05) is 0 Å². The van der Waals surface area contributed by atoms with Crippen molar-refractivity contribution in [3.63, 3.8) is 0 Å². The first kappa shape index (κ1) is 10.8. The van der Waals surface area contributed by atoms with Crippen molar-refractivity contribution in [3.05, 3.63) is 54.3 Å². The van der Waals surface area contributed by atoms with Gasteiger partial charge in [-0.25, -0.2) is 0 Å². The highest BCUT2D eigenvalue weighted by molar-refractivity contribution is 5.70. The molecule has 0 amide bonds. The summed E-state index contributed by atoms with van der Waals surface area (Å²) in [6.07, 6.45) is 2.49. The topological polar surface area (TPSA) is 39.2 Å². The molecular formula is C15H13NO2. The van der Waals surface area contributed by atoms with Gasteiger partial charge in [0.05, 0.1) is 6.26 Å². The van der Waals surface area contributed by atoms with Crippen molar-refractivity contribution < 1.29 is 8.94 Å². The molecule has 0 atom stereocenters. The molecule has 0 aliphatic heterocycles. The normalized spacial score (nSPS) is 10.7. The monoisotopic (exact) mass is 239 g/mol. The maximum Gasteiger partial charge on any atom is 0.205 e. The summed E-state index contributed by atoms with van der Waals surface area (Å²) in [4.78, 5) is 0. The highest BCUT2D eigenvalue weighted by atomic mass is 16.5. The Morgan fingerprint density at radius 2 is 1.89 bits per heavy atom. The van der Waals surface area contributed by atoms with Crippen molar-refractivity contribution >= 4 is 0 Å². The number of hydrogen-bond acceptors (Lipinski definition) is 3. The summed E-state index contributed by atoms with van der Waals surface area (Å²) in [7, 11) is 0. The maximum absolute atomic E-state index is 5.44. The second-order valence-electron chi connectivity index (χ2n) is 4.04. The van der Waals surface area contributed by atoms with Crippen molar-refractivity contribution in [1.29, 1.82) is 0 Å². The first-order valence-corrected chi connectivity index (χ1v) is 5.98. The van der Waals surface area contributed by atoms with Crippen LogP contribution in [0, 0.1) is 0 Å². The van der Waals surface area contributed by atoms with Crippen LogP contribution in [0.15, 0.2) is 57.7 Å². The Kier molecular flexibility index (Phi) is 2.73. The quantitative estimate of drug-likeness (QED) is 0.688. The summed E-state index contributed by atoms with van der Waals surface area (Å²) in [5.41, 5.74) is 3.04.